The number of hydrogen-bond acceptors (Lipinski definition) is 4. The largest absolute Gasteiger partial charge is 0.490 e. The summed E-state index contributed by atoms with van der Waals surface area (Å²) < 4.78 is 5.13. The molecule has 108 valence electrons. The van der Waals surface area contributed by atoms with Gasteiger partial charge in [-0.1, -0.05) is 6.08 Å². The molecule has 0 unspecified atom stereocenters. The summed E-state index contributed by atoms with van der Waals surface area (Å²) >= 11 is 0. The van der Waals surface area contributed by atoms with E-state index in [1.54, 1.807) is 12.1 Å². The molecule has 1 aromatic carbocycles. The lowest BCUT2D eigenvalue weighted by Gasteiger charge is -2.30. The number of ether oxygens (including phenoxy) is 1. The van der Waals surface area contributed by atoms with Crippen molar-refractivity contribution in [2.75, 3.05) is 20.2 Å². The van der Waals surface area contributed by atoms with E-state index >= 15 is 0 Å². The summed E-state index contributed by atoms with van der Waals surface area (Å²) in [6.45, 7) is 6.29. The first-order valence-corrected chi connectivity index (χ1v) is 6.78. The number of nitro groups is 1. The van der Waals surface area contributed by atoms with Crippen LogP contribution in [0, 0.1) is 10.1 Å². The fourth-order valence-electron chi connectivity index (χ4n) is 2.45. The summed E-state index contributed by atoms with van der Waals surface area (Å²) in [7, 11) is 1.46. The predicted octanol–water partition coefficient (Wildman–Crippen LogP) is 3.10. The highest BCUT2D eigenvalue weighted by Gasteiger charge is 2.19. The van der Waals surface area contributed by atoms with Crippen LogP contribution in [0.15, 0.2) is 24.3 Å². The molecule has 1 aliphatic rings. The van der Waals surface area contributed by atoms with Crippen LogP contribution in [0.3, 0.4) is 0 Å². The van der Waals surface area contributed by atoms with Crippen LogP contribution in [0.5, 0.6) is 5.75 Å². The Balaban J connectivity index is 2.29. The number of rotatable bonds is 4. The second-order valence-electron chi connectivity index (χ2n) is 5.23. The van der Waals surface area contributed by atoms with Crippen LogP contribution in [0.25, 0.3) is 5.57 Å². The van der Waals surface area contributed by atoms with Gasteiger partial charge in [-0.15, -0.1) is 0 Å². The summed E-state index contributed by atoms with van der Waals surface area (Å²) in [6, 6.07) is 5.58. The van der Waals surface area contributed by atoms with E-state index in [9.17, 15) is 10.1 Å². The molecular weight excluding hydrogens is 256 g/mol. The van der Waals surface area contributed by atoms with Crippen molar-refractivity contribution in [3.8, 4) is 5.75 Å². The minimum Gasteiger partial charge on any atom is -0.490 e. The molecule has 0 radical (unpaired) electrons. The van der Waals surface area contributed by atoms with Gasteiger partial charge in [-0.05, 0) is 43.5 Å². The van der Waals surface area contributed by atoms with Gasteiger partial charge in [0, 0.05) is 25.2 Å². The second kappa shape index (κ2) is 6.05. The van der Waals surface area contributed by atoms with Gasteiger partial charge < -0.3 is 4.74 Å². The first-order chi connectivity index (χ1) is 9.52. The Morgan fingerprint density at radius 2 is 2.15 bits per heavy atom. The lowest BCUT2D eigenvalue weighted by Crippen LogP contribution is -2.35. The zero-order valence-corrected chi connectivity index (χ0v) is 12.1. The maximum absolute atomic E-state index is 10.9. The Kier molecular flexibility index (Phi) is 4.39. The first kappa shape index (κ1) is 14.5. The minimum atomic E-state index is -0.418. The maximum Gasteiger partial charge on any atom is 0.310 e. The first-order valence-electron chi connectivity index (χ1n) is 6.78. The van der Waals surface area contributed by atoms with Crippen molar-refractivity contribution in [1.82, 2.24) is 4.90 Å². The molecule has 0 amide bonds. The van der Waals surface area contributed by atoms with Gasteiger partial charge in [0.2, 0.25) is 0 Å². The summed E-state index contributed by atoms with van der Waals surface area (Å²) in [4.78, 5) is 12.9. The monoisotopic (exact) mass is 276 g/mol. The quantitative estimate of drug-likeness (QED) is 0.626. The zero-order chi connectivity index (χ0) is 14.7. The average Bonchev–Trinajstić information content (AvgIpc) is 2.46. The molecule has 1 heterocycles. The molecule has 5 heteroatoms. The highest BCUT2D eigenvalue weighted by Crippen LogP contribution is 2.31. The lowest BCUT2D eigenvalue weighted by molar-refractivity contribution is -0.385. The standard InChI is InChI=1S/C15H20N2O3/c1-11(2)16-8-4-5-13(10-16)12-6-7-14(17(18)19)15(9-12)20-3/h5-7,9,11H,4,8,10H2,1-3H3. The Hall–Kier alpha value is -1.88. The van der Waals surface area contributed by atoms with E-state index in [4.69, 9.17) is 4.74 Å². The summed E-state index contributed by atoms with van der Waals surface area (Å²) in [5, 5.41) is 10.9. The Labute approximate surface area is 119 Å². The Morgan fingerprint density at radius 1 is 1.40 bits per heavy atom. The van der Waals surface area contributed by atoms with Crippen LogP contribution in [-0.2, 0) is 0 Å². The number of hydrogen-bond donors (Lipinski definition) is 0. The highest BCUT2D eigenvalue weighted by molar-refractivity contribution is 5.70. The van der Waals surface area contributed by atoms with Crippen LogP contribution in [0.4, 0.5) is 5.69 Å². The van der Waals surface area contributed by atoms with Crippen LogP contribution in [0.2, 0.25) is 0 Å². The van der Waals surface area contributed by atoms with Gasteiger partial charge in [0.05, 0.1) is 12.0 Å². The van der Waals surface area contributed by atoms with Gasteiger partial charge >= 0.3 is 5.69 Å². The molecule has 1 aromatic rings. The molecule has 1 aliphatic heterocycles. The van der Waals surface area contributed by atoms with Gasteiger partial charge in [0.15, 0.2) is 5.75 Å². The van der Waals surface area contributed by atoms with Crippen molar-refractivity contribution in [1.29, 1.82) is 0 Å². The third-order valence-corrected chi connectivity index (χ3v) is 3.66. The highest BCUT2D eigenvalue weighted by atomic mass is 16.6. The van der Waals surface area contributed by atoms with E-state index in [1.165, 1.54) is 18.7 Å². The molecule has 0 atom stereocenters. The molecule has 0 spiro atoms. The van der Waals surface area contributed by atoms with Crippen molar-refractivity contribution in [3.05, 3.63) is 40.0 Å². The average molecular weight is 276 g/mol. The minimum absolute atomic E-state index is 0.00775. The van der Waals surface area contributed by atoms with Crippen molar-refractivity contribution < 1.29 is 9.66 Å². The van der Waals surface area contributed by atoms with Crippen LogP contribution in [0.1, 0.15) is 25.8 Å². The summed E-state index contributed by atoms with van der Waals surface area (Å²) in [5.74, 6) is 0.315. The lowest BCUT2D eigenvalue weighted by atomic mass is 9.99. The molecule has 0 N–H and O–H groups in total. The normalized spacial score (nSPS) is 16.1. The van der Waals surface area contributed by atoms with Gasteiger partial charge in [-0.25, -0.2) is 0 Å². The number of methoxy groups -OCH3 is 1. The summed E-state index contributed by atoms with van der Waals surface area (Å²) in [5.41, 5.74) is 2.21. The third-order valence-electron chi connectivity index (χ3n) is 3.66. The van der Waals surface area contributed by atoms with E-state index in [0.29, 0.717) is 11.8 Å². The van der Waals surface area contributed by atoms with E-state index in [1.807, 2.05) is 0 Å². The number of nitro benzene ring substituents is 1. The van der Waals surface area contributed by atoms with Crippen molar-refractivity contribution >= 4 is 11.3 Å². The fourth-order valence-corrected chi connectivity index (χ4v) is 2.45. The van der Waals surface area contributed by atoms with E-state index in [2.05, 4.69) is 24.8 Å². The van der Waals surface area contributed by atoms with Crippen LogP contribution < -0.4 is 4.74 Å². The zero-order valence-electron chi connectivity index (χ0n) is 12.1. The predicted molar refractivity (Wildman–Crippen MR) is 79.0 cm³/mol. The van der Waals surface area contributed by atoms with Gasteiger partial charge in [-0.3, -0.25) is 15.0 Å². The Morgan fingerprint density at radius 3 is 2.75 bits per heavy atom. The molecule has 0 fully saturated rings. The Bertz CT molecular complexity index is 538. The fraction of sp³-hybridized carbons (Fsp3) is 0.467. The summed E-state index contributed by atoms with van der Waals surface area (Å²) in [6.07, 6.45) is 3.21. The van der Waals surface area contributed by atoms with Crippen molar-refractivity contribution in [3.63, 3.8) is 0 Å². The third kappa shape index (κ3) is 2.99. The molecule has 0 saturated carbocycles. The van der Waals surface area contributed by atoms with E-state index in [0.717, 1.165) is 25.1 Å². The van der Waals surface area contributed by atoms with E-state index in [-0.39, 0.29) is 5.69 Å². The van der Waals surface area contributed by atoms with Crippen molar-refractivity contribution in [2.24, 2.45) is 0 Å². The molecular formula is C15H20N2O3. The molecule has 5 nitrogen and oxygen atoms in total. The van der Waals surface area contributed by atoms with Crippen LogP contribution in [-0.4, -0.2) is 36.1 Å². The molecule has 0 saturated heterocycles. The molecule has 0 bridgehead atoms. The van der Waals surface area contributed by atoms with Crippen LogP contribution >= 0.6 is 0 Å². The number of benzene rings is 1. The maximum atomic E-state index is 10.9. The smallest absolute Gasteiger partial charge is 0.310 e. The topological polar surface area (TPSA) is 55.6 Å². The number of nitrogens with zero attached hydrogens (tertiary/aromatic N) is 2. The van der Waals surface area contributed by atoms with E-state index < -0.39 is 4.92 Å². The van der Waals surface area contributed by atoms with Gasteiger partial charge in [0.1, 0.15) is 0 Å². The van der Waals surface area contributed by atoms with Gasteiger partial charge in [-0.2, -0.15) is 0 Å². The SMILES string of the molecule is COc1cc(C2=CCCN(C(C)C)C2)ccc1[N+](=O)[O-]. The second-order valence-corrected chi connectivity index (χ2v) is 5.23. The van der Waals surface area contributed by atoms with Gasteiger partial charge in [0.25, 0.3) is 0 Å². The van der Waals surface area contributed by atoms with Crippen molar-refractivity contribution in [2.45, 2.75) is 26.3 Å². The molecule has 0 aliphatic carbocycles. The molecule has 2 rings (SSSR count). The molecule has 0 aromatic heterocycles. The molecule has 20 heavy (non-hydrogen) atoms.